The van der Waals surface area contributed by atoms with Gasteiger partial charge in [0.25, 0.3) is 0 Å². The zero-order valence-corrected chi connectivity index (χ0v) is 10.6. The second kappa shape index (κ2) is 6.58. The maximum Gasteiger partial charge on any atom is 0.145 e. The Bertz CT molecular complexity index is 564. The van der Waals surface area contributed by atoms with E-state index in [1.54, 1.807) is 6.20 Å². The molecule has 2 aromatic rings. The largest absolute Gasteiger partial charge is 0.491 e. The van der Waals surface area contributed by atoms with E-state index < -0.39 is 0 Å². The van der Waals surface area contributed by atoms with Gasteiger partial charge < -0.3 is 15.7 Å². The summed E-state index contributed by atoms with van der Waals surface area (Å²) in [4.78, 5) is 4.32. The monoisotopic (exact) mass is 259 g/mol. The van der Waals surface area contributed by atoms with Crippen molar-refractivity contribution < 1.29 is 9.94 Å². The highest BCUT2D eigenvalue weighted by Gasteiger charge is 2.02. The first kappa shape index (κ1) is 13.1. The molecular formula is C14H17N3O2. The van der Waals surface area contributed by atoms with Crippen LogP contribution < -0.4 is 10.5 Å². The lowest BCUT2D eigenvalue weighted by Crippen LogP contribution is -2.11. The molecule has 0 atom stereocenters. The molecule has 0 saturated carbocycles. The Hall–Kier alpha value is -2.30. The molecular weight excluding hydrogens is 242 g/mol. The highest BCUT2D eigenvalue weighted by Crippen LogP contribution is 2.23. The number of para-hydroxylation sites is 1. The molecule has 5 heteroatoms. The van der Waals surface area contributed by atoms with E-state index >= 15 is 0 Å². The van der Waals surface area contributed by atoms with Gasteiger partial charge in [-0.2, -0.15) is 0 Å². The Morgan fingerprint density at radius 3 is 2.95 bits per heavy atom. The molecule has 5 nitrogen and oxygen atoms in total. The van der Waals surface area contributed by atoms with Crippen LogP contribution in [-0.2, 0) is 0 Å². The summed E-state index contributed by atoms with van der Waals surface area (Å²) in [6.45, 7) is 0.592. The third-order valence-electron chi connectivity index (χ3n) is 2.81. The molecule has 0 aliphatic carbocycles. The van der Waals surface area contributed by atoms with Crippen molar-refractivity contribution in [3.63, 3.8) is 0 Å². The minimum atomic E-state index is 0.256. The van der Waals surface area contributed by atoms with Crippen molar-refractivity contribution in [2.45, 2.75) is 19.3 Å². The number of oxime groups is 1. The maximum atomic E-state index is 8.41. The molecule has 1 aromatic heterocycles. The number of benzene rings is 1. The number of nitrogens with two attached hydrogens (primary N) is 1. The molecule has 0 aliphatic heterocycles. The van der Waals surface area contributed by atoms with Gasteiger partial charge >= 0.3 is 0 Å². The van der Waals surface area contributed by atoms with Crippen molar-refractivity contribution in [1.82, 2.24) is 4.98 Å². The number of rotatable bonds is 6. The fourth-order valence-electron chi connectivity index (χ4n) is 1.83. The number of unbranched alkanes of at least 4 members (excludes halogenated alkanes) is 1. The summed E-state index contributed by atoms with van der Waals surface area (Å²) in [5, 5.41) is 12.4. The molecule has 1 heterocycles. The number of nitrogens with zero attached hydrogens (tertiary/aromatic N) is 2. The quantitative estimate of drug-likeness (QED) is 0.274. The summed E-state index contributed by atoms with van der Waals surface area (Å²) in [6.07, 6.45) is 4.01. The molecule has 0 fully saturated rings. The molecule has 1 aromatic carbocycles. The molecule has 2 rings (SSSR count). The van der Waals surface area contributed by atoms with Gasteiger partial charge in [-0.15, -0.1) is 0 Å². The van der Waals surface area contributed by atoms with Crippen LogP contribution in [0, 0.1) is 0 Å². The van der Waals surface area contributed by atoms with E-state index in [-0.39, 0.29) is 5.84 Å². The molecule has 0 radical (unpaired) electrons. The number of fused-ring (bicyclic) bond motifs is 1. The van der Waals surface area contributed by atoms with E-state index in [1.807, 2.05) is 30.3 Å². The molecule has 0 aliphatic rings. The molecule has 0 bridgehead atoms. The summed E-state index contributed by atoms with van der Waals surface area (Å²) in [6, 6.07) is 9.79. The van der Waals surface area contributed by atoms with E-state index in [1.165, 1.54) is 0 Å². The third-order valence-corrected chi connectivity index (χ3v) is 2.81. The Morgan fingerprint density at radius 1 is 1.26 bits per heavy atom. The molecule has 0 unspecified atom stereocenters. The van der Waals surface area contributed by atoms with Crippen LogP contribution in [0.15, 0.2) is 41.7 Å². The zero-order chi connectivity index (χ0) is 13.5. The molecule has 0 amide bonds. The lowest BCUT2D eigenvalue weighted by atomic mass is 10.2. The fourth-order valence-corrected chi connectivity index (χ4v) is 1.83. The van der Waals surface area contributed by atoms with E-state index in [9.17, 15) is 0 Å². The number of ether oxygens (including phenoxy) is 1. The van der Waals surface area contributed by atoms with Gasteiger partial charge in [-0.05, 0) is 25.0 Å². The highest BCUT2D eigenvalue weighted by molar-refractivity contribution is 5.84. The SMILES string of the molecule is NC(CCCCOc1cccc2cccnc12)=NO. The van der Waals surface area contributed by atoms with Crippen molar-refractivity contribution in [2.75, 3.05) is 6.61 Å². The van der Waals surface area contributed by atoms with Gasteiger partial charge in [-0.3, -0.25) is 4.98 Å². The van der Waals surface area contributed by atoms with Gasteiger partial charge in [-0.1, -0.05) is 23.4 Å². The Kier molecular flexibility index (Phi) is 4.55. The number of pyridine rings is 1. The molecule has 100 valence electrons. The van der Waals surface area contributed by atoms with Crippen molar-refractivity contribution in [1.29, 1.82) is 0 Å². The van der Waals surface area contributed by atoms with Crippen LogP contribution in [0.5, 0.6) is 5.75 Å². The van der Waals surface area contributed by atoms with Gasteiger partial charge in [0.1, 0.15) is 17.1 Å². The zero-order valence-electron chi connectivity index (χ0n) is 10.6. The van der Waals surface area contributed by atoms with E-state index in [0.29, 0.717) is 13.0 Å². The van der Waals surface area contributed by atoms with E-state index in [2.05, 4.69) is 10.1 Å². The Morgan fingerprint density at radius 2 is 2.11 bits per heavy atom. The first-order valence-corrected chi connectivity index (χ1v) is 6.24. The van der Waals surface area contributed by atoms with Crippen LogP contribution in [0.2, 0.25) is 0 Å². The van der Waals surface area contributed by atoms with Crippen LogP contribution >= 0.6 is 0 Å². The first-order valence-electron chi connectivity index (χ1n) is 6.24. The summed E-state index contributed by atoms with van der Waals surface area (Å²) in [5.74, 6) is 1.05. The third kappa shape index (κ3) is 3.58. The average Bonchev–Trinajstić information content (AvgIpc) is 2.46. The average molecular weight is 259 g/mol. The Labute approximate surface area is 111 Å². The van der Waals surface area contributed by atoms with E-state index in [0.717, 1.165) is 29.5 Å². The topological polar surface area (TPSA) is 80.7 Å². The van der Waals surface area contributed by atoms with Crippen LogP contribution in [0.25, 0.3) is 10.9 Å². The molecule has 19 heavy (non-hydrogen) atoms. The number of amidine groups is 1. The highest BCUT2D eigenvalue weighted by atomic mass is 16.5. The summed E-state index contributed by atoms with van der Waals surface area (Å²) >= 11 is 0. The smallest absolute Gasteiger partial charge is 0.145 e. The van der Waals surface area contributed by atoms with Crippen LogP contribution in [-0.4, -0.2) is 22.6 Å². The molecule has 0 spiro atoms. The minimum Gasteiger partial charge on any atom is -0.491 e. The number of hydrogen-bond donors (Lipinski definition) is 2. The predicted molar refractivity (Wildman–Crippen MR) is 74.5 cm³/mol. The van der Waals surface area contributed by atoms with Crippen molar-refractivity contribution in [3.05, 3.63) is 36.5 Å². The number of hydrogen-bond acceptors (Lipinski definition) is 4. The molecule has 3 N–H and O–H groups in total. The first-order chi connectivity index (χ1) is 9.31. The standard InChI is InChI=1S/C14H17N3O2/c15-13(17-18)8-1-2-10-19-12-7-3-5-11-6-4-9-16-14(11)12/h3-7,9,18H,1-2,8,10H2,(H2,15,17). The normalized spacial score (nSPS) is 11.7. The molecule has 0 saturated heterocycles. The van der Waals surface area contributed by atoms with Crippen molar-refractivity contribution in [2.24, 2.45) is 10.9 Å². The second-order valence-corrected chi connectivity index (χ2v) is 4.23. The summed E-state index contributed by atoms with van der Waals surface area (Å²) in [5.41, 5.74) is 6.27. The number of aromatic nitrogens is 1. The second-order valence-electron chi connectivity index (χ2n) is 4.23. The van der Waals surface area contributed by atoms with E-state index in [4.69, 9.17) is 15.7 Å². The van der Waals surface area contributed by atoms with Crippen LogP contribution in [0.4, 0.5) is 0 Å². The van der Waals surface area contributed by atoms with Crippen molar-refractivity contribution in [3.8, 4) is 5.75 Å². The van der Waals surface area contributed by atoms with Gasteiger partial charge in [-0.25, -0.2) is 0 Å². The van der Waals surface area contributed by atoms with Crippen LogP contribution in [0.3, 0.4) is 0 Å². The predicted octanol–water partition coefficient (Wildman–Crippen LogP) is 2.53. The Balaban J connectivity index is 1.88. The maximum absolute atomic E-state index is 8.41. The van der Waals surface area contributed by atoms with Gasteiger partial charge in [0.15, 0.2) is 0 Å². The lowest BCUT2D eigenvalue weighted by molar-refractivity contribution is 0.307. The lowest BCUT2D eigenvalue weighted by Gasteiger charge is -2.08. The van der Waals surface area contributed by atoms with Gasteiger partial charge in [0.2, 0.25) is 0 Å². The minimum absolute atomic E-state index is 0.256. The fraction of sp³-hybridized carbons (Fsp3) is 0.286. The summed E-state index contributed by atoms with van der Waals surface area (Å²) < 4.78 is 5.73. The van der Waals surface area contributed by atoms with Crippen LogP contribution in [0.1, 0.15) is 19.3 Å². The van der Waals surface area contributed by atoms with Gasteiger partial charge in [0, 0.05) is 18.0 Å². The summed E-state index contributed by atoms with van der Waals surface area (Å²) in [7, 11) is 0. The van der Waals surface area contributed by atoms with Crippen molar-refractivity contribution >= 4 is 16.7 Å². The van der Waals surface area contributed by atoms with Gasteiger partial charge in [0.05, 0.1) is 6.61 Å².